The van der Waals surface area contributed by atoms with Gasteiger partial charge in [0.2, 0.25) is 0 Å². The molecule has 0 aromatic heterocycles. The third-order valence-corrected chi connectivity index (χ3v) is 8.12. The normalized spacial score (nSPS) is 17.3. The predicted molar refractivity (Wildman–Crippen MR) is 157 cm³/mol. The summed E-state index contributed by atoms with van der Waals surface area (Å²) in [6.07, 6.45) is 4.28. The van der Waals surface area contributed by atoms with Crippen molar-refractivity contribution < 1.29 is 14.3 Å². The van der Waals surface area contributed by atoms with Gasteiger partial charge in [-0.2, -0.15) is 0 Å². The first-order valence-electron chi connectivity index (χ1n) is 12.9. The summed E-state index contributed by atoms with van der Waals surface area (Å²) in [6.45, 7) is 2.68. The van der Waals surface area contributed by atoms with Crippen molar-refractivity contribution in [2.45, 2.75) is 32.1 Å². The van der Waals surface area contributed by atoms with Crippen molar-refractivity contribution in [1.29, 1.82) is 0 Å². The maximum absolute atomic E-state index is 12.5. The number of allylic oxidation sites excluding steroid dienone is 1. The number of fused-ring (bicyclic) bond motifs is 1. The van der Waals surface area contributed by atoms with Crippen LogP contribution in [0.15, 0.2) is 60.7 Å². The average molecular weight is 575 g/mol. The number of hydrogen-bond donors (Lipinski definition) is 1. The van der Waals surface area contributed by atoms with E-state index < -0.39 is 5.97 Å². The number of aryl methyl sites for hydroxylation is 1. The molecule has 3 nitrogen and oxygen atoms in total. The first-order valence-corrected chi connectivity index (χ1v) is 13.6. The highest BCUT2D eigenvalue weighted by Gasteiger charge is 2.25. The Balaban J connectivity index is 0.00000336. The number of benzene rings is 3. The van der Waals surface area contributed by atoms with Gasteiger partial charge in [0.05, 0.1) is 12.2 Å². The molecule has 1 atom stereocenters. The predicted octanol–water partition coefficient (Wildman–Crippen LogP) is 8.24. The van der Waals surface area contributed by atoms with E-state index in [-0.39, 0.29) is 19.1 Å². The highest BCUT2D eigenvalue weighted by molar-refractivity contribution is 6.36. The molecule has 200 valence electrons. The van der Waals surface area contributed by atoms with E-state index in [9.17, 15) is 14.3 Å². The summed E-state index contributed by atoms with van der Waals surface area (Å²) in [4.78, 5) is 14.0. The molecule has 1 heterocycles. The van der Waals surface area contributed by atoms with E-state index in [4.69, 9.17) is 23.2 Å². The number of carbonyl (C=O) groups is 1. The lowest BCUT2D eigenvalue weighted by atomic mass is 9.79. The Kier molecular flexibility index (Phi) is 9.54. The van der Waals surface area contributed by atoms with Crippen LogP contribution in [0.4, 0.5) is 4.39 Å². The van der Waals surface area contributed by atoms with Gasteiger partial charge in [0.15, 0.2) is 0 Å². The number of hydrogen-bond acceptors (Lipinski definition) is 2. The van der Waals surface area contributed by atoms with Crippen molar-refractivity contribution >= 4 is 52.7 Å². The Labute approximate surface area is 239 Å². The number of halogens is 4. The monoisotopic (exact) mass is 573 g/mol. The van der Waals surface area contributed by atoms with E-state index in [1.54, 1.807) is 18.2 Å². The van der Waals surface area contributed by atoms with Crippen LogP contribution >= 0.6 is 35.6 Å². The van der Waals surface area contributed by atoms with E-state index in [2.05, 4.69) is 29.2 Å². The Hall–Kier alpha value is -2.37. The largest absolute Gasteiger partial charge is 0.478 e. The number of likely N-dealkylation sites (tertiary alicyclic amines) is 1. The number of aromatic carboxylic acids is 1. The fourth-order valence-electron chi connectivity index (χ4n) is 5.76. The molecular weight excluding hydrogens is 544 g/mol. The molecule has 3 aromatic rings. The Morgan fingerprint density at radius 2 is 1.76 bits per heavy atom. The van der Waals surface area contributed by atoms with E-state index in [0.29, 0.717) is 27.9 Å². The maximum Gasteiger partial charge on any atom is 0.335 e. The molecule has 0 amide bonds. The van der Waals surface area contributed by atoms with Crippen molar-refractivity contribution in [3.63, 3.8) is 0 Å². The Morgan fingerprint density at radius 1 is 1.00 bits per heavy atom. The molecule has 3 aromatic carbocycles. The van der Waals surface area contributed by atoms with Crippen molar-refractivity contribution in [3.8, 4) is 0 Å². The summed E-state index contributed by atoms with van der Waals surface area (Å²) in [5.74, 6) is -0.322. The van der Waals surface area contributed by atoms with Crippen LogP contribution in [0, 0.1) is 5.92 Å². The molecule has 1 aliphatic carbocycles. The van der Waals surface area contributed by atoms with Gasteiger partial charge < -0.3 is 10.0 Å². The van der Waals surface area contributed by atoms with Gasteiger partial charge in [-0.3, -0.25) is 4.39 Å². The molecule has 7 heteroatoms. The van der Waals surface area contributed by atoms with Crippen LogP contribution in [0.25, 0.3) is 11.1 Å². The second-order valence-electron chi connectivity index (χ2n) is 10.1. The lowest BCUT2D eigenvalue weighted by Crippen LogP contribution is -2.22. The summed E-state index contributed by atoms with van der Waals surface area (Å²) >= 11 is 12.8. The zero-order valence-corrected chi connectivity index (χ0v) is 23.4. The lowest BCUT2D eigenvalue weighted by Gasteiger charge is -2.25. The highest BCUT2D eigenvalue weighted by Crippen LogP contribution is 2.43. The van der Waals surface area contributed by atoms with Crippen LogP contribution < -0.4 is 0 Å². The third-order valence-electron chi connectivity index (χ3n) is 7.57. The Bertz CT molecular complexity index is 1340. The van der Waals surface area contributed by atoms with E-state index >= 15 is 0 Å². The fraction of sp³-hybridized carbons (Fsp3) is 0.323. The minimum atomic E-state index is -0.917. The first-order chi connectivity index (χ1) is 17.9. The molecule has 1 saturated heterocycles. The molecule has 2 aliphatic rings. The quantitative estimate of drug-likeness (QED) is 0.294. The second kappa shape index (κ2) is 12.7. The average Bonchev–Trinajstić information content (AvgIpc) is 3.34. The van der Waals surface area contributed by atoms with Crippen molar-refractivity contribution in [2.75, 3.05) is 26.3 Å². The number of carboxylic acid groups (broad SMARTS) is 1. The van der Waals surface area contributed by atoms with Crippen LogP contribution in [0.1, 0.15) is 57.4 Å². The summed E-state index contributed by atoms with van der Waals surface area (Å²) in [5.41, 5.74) is 7.96. The third kappa shape index (κ3) is 6.26. The minimum Gasteiger partial charge on any atom is -0.478 e. The van der Waals surface area contributed by atoms with E-state index in [1.165, 1.54) is 5.56 Å². The van der Waals surface area contributed by atoms with Gasteiger partial charge in [-0.15, -0.1) is 12.4 Å². The van der Waals surface area contributed by atoms with Crippen LogP contribution in [0.5, 0.6) is 0 Å². The van der Waals surface area contributed by atoms with Gasteiger partial charge in [0, 0.05) is 23.1 Å². The van der Waals surface area contributed by atoms with Gasteiger partial charge in [-0.1, -0.05) is 59.6 Å². The van der Waals surface area contributed by atoms with E-state index in [1.807, 2.05) is 18.2 Å². The number of nitrogens with zero attached hydrogens (tertiary/aromatic N) is 1. The topological polar surface area (TPSA) is 40.5 Å². The summed E-state index contributed by atoms with van der Waals surface area (Å²) in [7, 11) is 0. The highest BCUT2D eigenvalue weighted by atomic mass is 35.5. The molecule has 0 bridgehead atoms. The SMILES string of the molecule is Cl.O=C(O)c1ccc2c(c1)CCC(c1ccc(Cl)cc1Cl)=C2c1ccc(CC2CCN(CCCF)C2)cc1. The lowest BCUT2D eigenvalue weighted by molar-refractivity contribution is 0.0696. The maximum atomic E-state index is 12.5. The van der Waals surface area contributed by atoms with Gasteiger partial charge in [0.25, 0.3) is 0 Å². The van der Waals surface area contributed by atoms with Crippen molar-refractivity contribution in [3.05, 3.63) is 104 Å². The summed E-state index contributed by atoms with van der Waals surface area (Å²) in [6, 6.07) is 19.7. The molecule has 0 radical (unpaired) electrons. The van der Waals surface area contributed by atoms with Gasteiger partial charge in [0.1, 0.15) is 0 Å². The van der Waals surface area contributed by atoms with Gasteiger partial charge in [-0.25, -0.2) is 4.79 Å². The summed E-state index contributed by atoms with van der Waals surface area (Å²) < 4.78 is 12.5. The smallest absolute Gasteiger partial charge is 0.335 e. The van der Waals surface area contributed by atoms with Crippen molar-refractivity contribution in [2.24, 2.45) is 5.92 Å². The molecule has 0 spiro atoms. The van der Waals surface area contributed by atoms with Gasteiger partial charge in [-0.05, 0) is 108 Å². The number of rotatable bonds is 8. The number of alkyl halides is 1. The first kappa shape index (κ1) is 28.6. The molecule has 1 unspecified atom stereocenters. The molecule has 1 aliphatic heterocycles. The molecule has 5 rings (SSSR count). The molecular formula is C31H31Cl3FNO2. The number of carboxylic acids is 1. The molecule has 1 N–H and O–H groups in total. The van der Waals surface area contributed by atoms with Crippen LogP contribution in [-0.4, -0.2) is 42.3 Å². The fourth-order valence-corrected chi connectivity index (χ4v) is 6.29. The van der Waals surface area contributed by atoms with E-state index in [0.717, 1.165) is 78.7 Å². The second-order valence-corrected chi connectivity index (χ2v) is 10.9. The van der Waals surface area contributed by atoms with Crippen LogP contribution in [-0.2, 0) is 12.8 Å². The molecule has 38 heavy (non-hydrogen) atoms. The summed E-state index contributed by atoms with van der Waals surface area (Å²) in [5, 5.41) is 10.7. The van der Waals surface area contributed by atoms with Crippen LogP contribution in [0.3, 0.4) is 0 Å². The standard InChI is InChI=1S/C31H30Cl2FNO2.ClH/c32-25-8-11-27(29(33)18-25)28-10-6-23-17-24(31(36)37)7-9-26(23)30(28)22-4-2-20(3-5-22)16-21-12-15-35(19-21)14-1-13-34;/h2-5,7-9,11,17-18,21H,1,6,10,12-16,19H2,(H,36,37);1H. The Morgan fingerprint density at radius 3 is 2.47 bits per heavy atom. The zero-order chi connectivity index (χ0) is 25.9. The molecule has 0 saturated carbocycles. The van der Waals surface area contributed by atoms with Crippen molar-refractivity contribution in [1.82, 2.24) is 4.90 Å². The molecule has 1 fully saturated rings. The van der Waals surface area contributed by atoms with Gasteiger partial charge >= 0.3 is 5.97 Å². The van der Waals surface area contributed by atoms with Crippen LogP contribution in [0.2, 0.25) is 10.0 Å². The minimum absolute atomic E-state index is 0. The zero-order valence-electron chi connectivity index (χ0n) is 21.1.